The van der Waals surface area contributed by atoms with E-state index in [9.17, 15) is 24.0 Å². The third kappa shape index (κ3) is 11.7. The number of hydrogen-bond donors (Lipinski definition) is 5. The van der Waals surface area contributed by atoms with Crippen LogP contribution in [0.5, 0.6) is 0 Å². The summed E-state index contributed by atoms with van der Waals surface area (Å²) in [6.07, 6.45) is 11.3. The largest absolute Gasteiger partial charge is 0.343 e. The number of rotatable bonds is 17. The maximum Gasteiger partial charge on any atom is 0.245 e. The number of hydrogen-bond acceptors (Lipinski definition) is 7. The summed E-state index contributed by atoms with van der Waals surface area (Å²) in [7, 11) is 0. The van der Waals surface area contributed by atoms with E-state index < -0.39 is 41.9 Å². The number of unbranched alkanes of at least 4 members (excludes halogenated alkanes) is 1. The van der Waals surface area contributed by atoms with E-state index in [4.69, 9.17) is 11.5 Å². The Morgan fingerprint density at radius 3 is 2.10 bits per heavy atom. The van der Waals surface area contributed by atoms with E-state index in [2.05, 4.69) is 35.0 Å². The molecule has 5 amide bonds. The molecule has 5 atom stereocenters. The SMILES string of the molecule is CC(=O)N1CC2(CCN(C(=O)[C@@H](CCCCN)NC(=O)[C@@H](CC(C)C)NC(=O)[C@@H](CC3=CCC(C)C=C3)NC(=O)[C@H](N)Cc3ccccc3)CC2)C1. The Morgan fingerprint density at radius 2 is 1.50 bits per heavy atom. The van der Waals surface area contributed by atoms with Gasteiger partial charge in [-0.2, -0.15) is 0 Å². The first-order valence-electron chi connectivity index (χ1n) is 19.1. The zero-order valence-electron chi connectivity index (χ0n) is 31.6. The summed E-state index contributed by atoms with van der Waals surface area (Å²) in [6, 6.07) is 5.94. The topological polar surface area (TPSA) is 180 Å². The molecule has 286 valence electrons. The summed E-state index contributed by atoms with van der Waals surface area (Å²) in [5, 5.41) is 8.81. The van der Waals surface area contributed by atoms with Crippen LogP contribution >= 0.6 is 0 Å². The number of nitrogens with one attached hydrogen (secondary N) is 3. The number of nitrogens with two attached hydrogens (primary N) is 2. The maximum absolute atomic E-state index is 14.0. The van der Waals surface area contributed by atoms with Crippen LogP contribution in [0.15, 0.2) is 54.1 Å². The van der Waals surface area contributed by atoms with Crippen LogP contribution < -0.4 is 27.4 Å². The Hall–Kier alpha value is -4.03. The Kier molecular flexibility index (Phi) is 15.0. The fraction of sp³-hybridized carbons (Fsp3) is 0.625. The van der Waals surface area contributed by atoms with Crippen molar-refractivity contribution in [2.75, 3.05) is 32.7 Å². The number of carbonyl (C=O) groups is 5. The van der Waals surface area contributed by atoms with Crippen LogP contribution in [-0.4, -0.2) is 96.2 Å². The van der Waals surface area contributed by atoms with Gasteiger partial charge in [-0.1, -0.05) is 69.3 Å². The van der Waals surface area contributed by atoms with Gasteiger partial charge in [0.15, 0.2) is 0 Å². The summed E-state index contributed by atoms with van der Waals surface area (Å²) in [4.78, 5) is 70.7. The Morgan fingerprint density at radius 1 is 0.865 bits per heavy atom. The van der Waals surface area contributed by atoms with E-state index in [1.165, 1.54) is 0 Å². The predicted molar refractivity (Wildman–Crippen MR) is 202 cm³/mol. The summed E-state index contributed by atoms with van der Waals surface area (Å²) in [5.41, 5.74) is 14.0. The average molecular weight is 720 g/mol. The molecule has 1 aliphatic carbocycles. The Labute approximate surface area is 309 Å². The predicted octanol–water partition coefficient (Wildman–Crippen LogP) is 2.57. The highest BCUT2D eigenvalue weighted by atomic mass is 16.2. The second-order valence-corrected chi connectivity index (χ2v) is 15.6. The Bertz CT molecular complexity index is 1450. The third-order valence-electron chi connectivity index (χ3n) is 10.6. The van der Waals surface area contributed by atoms with Crippen molar-refractivity contribution in [3.8, 4) is 0 Å². The fourth-order valence-corrected chi connectivity index (χ4v) is 7.33. The normalized spacial score (nSPS) is 20.3. The first-order valence-corrected chi connectivity index (χ1v) is 19.1. The fourth-order valence-electron chi connectivity index (χ4n) is 7.33. The van der Waals surface area contributed by atoms with Gasteiger partial charge in [0.25, 0.3) is 0 Å². The molecule has 0 saturated carbocycles. The van der Waals surface area contributed by atoms with E-state index >= 15 is 0 Å². The molecule has 0 bridgehead atoms. The van der Waals surface area contributed by atoms with Gasteiger partial charge >= 0.3 is 0 Å². The van der Waals surface area contributed by atoms with Gasteiger partial charge in [-0.15, -0.1) is 0 Å². The van der Waals surface area contributed by atoms with Crippen LogP contribution in [0, 0.1) is 17.3 Å². The van der Waals surface area contributed by atoms with Crippen molar-refractivity contribution in [2.45, 2.75) is 110 Å². The van der Waals surface area contributed by atoms with E-state index in [1.54, 1.807) is 6.92 Å². The highest BCUT2D eigenvalue weighted by Crippen LogP contribution is 2.40. The number of benzene rings is 1. The summed E-state index contributed by atoms with van der Waals surface area (Å²) >= 11 is 0. The van der Waals surface area contributed by atoms with Crippen LogP contribution in [0.1, 0.15) is 84.6 Å². The van der Waals surface area contributed by atoms with Gasteiger partial charge in [0.1, 0.15) is 18.1 Å². The minimum atomic E-state index is -0.964. The molecule has 0 radical (unpaired) electrons. The van der Waals surface area contributed by atoms with Crippen molar-refractivity contribution in [2.24, 2.45) is 28.7 Å². The molecule has 52 heavy (non-hydrogen) atoms. The molecular formula is C40H61N7O5. The molecule has 1 aromatic rings. The van der Waals surface area contributed by atoms with Crippen molar-refractivity contribution in [1.29, 1.82) is 0 Å². The molecule has 0 aromatic heterocycles. The number of carbonyl (C=O) groups excluding carboxylic acids is 5. The summed E-state index contributed by atoms with van der Waals surface area (Å²) in [6.45, 7) is 10.7. The summed E-state index contributed by atoms with van der Waals surface area (Å²) in [5.74, 6) is -1.00. The smallest absolute Gasteiger partial charge is 0.245 e. The van der Waals surface area contributed by atoms with Crippen LogP contribution in [-0.2, 0) is 30.4 Å². The summed E-state index contributed by atoms with van der Waals surface area (Å²) < 4.78 is 0. The first-order chi connectivity index (χ1) is 24.8. The second kappa shape index (κ2) is 19.2. The van der Waals surface area contributed by atoms with Gasteiger partial charge in [0.2, 0.25) is 29.5 Å². The van der Waals surface area contributed by atoms with Gasteiger partial charge in [0.05, 0.1) is 6.04 Å². The number of amides is 5. The molecule has 12 nitrogen and oxygen atoms in total. The van der Waals surface area contributed by atoms with Gasteiger partial charge in [-0.25, -0.2) is 0 Å². The van der Waals surface area contributed by atoms with Crippen molar-refractivity contribution in [1.82, 2.24) is 25.8 Å². The van der Waals surface area contributed by atoms with Gasteiger partial charge in [-0.3, -0.25) is 24.0 Å². The number of nitrogens with zero attached hydrogens (tertiary/aromatic N) is 2. The molecule has 12 heteroatoms. The Balaban J connectivity index is 1.45. The molecule has 2 saturated heterocycles. The van der Waals surface area contributed by atoms with Crippen molar-refractivity contribution < 1.29 is 24.0 Å². The maximum atomic E-state index is 14.0. The van der Waals surface area contributed by atoms with Crippen LogP contribution in [0.2, 0.25) is 0 Å². The molecule has 1 aromatic carbocycles. The van der Waals surface area contributed by atoms with E-state index in [-0.39, 0.29) is 29.6 Å². The minimum Gasteiger partial charge on any atom is -0.343 e. The van der Waals surface area contributed by atoms with Crippen molar-refractivity contribution in [3.05, 3.63) is 59.7 Å². The molecule has 2 aliphatic heterocycles. The van der Waals surface area contributed by atoms with Gasteiger partial charge < -0.3 is 37.2 Å². The second-order valence-electron chi connectivity index (χ2n) is 15.6. The average Bonchev–Trinajstić information content (AvgIpc) is 3.10. The van der Waals surface area contributed by atoms with Crippen LogP contribution in [0.4, 0.5) is 0 Å². The highest BCUT2D eigenvalue weighted by molar-refractivity contribution is 5.95. The van der Waals surface area contributed by atoms with E-state index in [1.807, 2.05) is 60.1 Å². The molecular weight excluding hydrogens is 658 g/mol. The van der Waals surface area contributed by atoms with Gasteiger partial charge in [0, 0.05) is 44.9 Å². The minimum absolute atomic E-state index is 0.0515. The van der Waals surface area contributed by atoms with E-state index in [0.717, 1.165) is 43.5 Å². The molecule has 4 rings (SSSR count). The zero-order valence-corrected chi connectivity index (χ0v) is 31.6. The number of piperidine rings is 1. The highest BCUT2D eigenvalue weighted by Gasteiger charge is 2.47. The standard InChI is InChI=1S/C40H61N7O5/c1-27(2)22-34(37(50)43-33(12-8-9-19-41)39(52)46-20-17-40(18-21-46)25-47(26-40)29(4)48)45-38(51)35(24-31-15-13-28(3)14-16-31)44-36(49)32(42)23-30-10-6-5-7-11-30/h5-7,10-11,13,15-16,27-28,32-35H,8-9,12,14,17-26,41-42H2,1-4H3,(H,43,50)(H,44,49)(H,45,51)/t28?,32-,33-,34-,35-/m1/s1. The lowest BCUT2D eigenvalue weighted by molar-refractivity contribution is -0.149. The van der Waals surface area contributed by atoms with Gasteiger partial charge in [-0.05, 0) is 80.9 Å². The van der Waals surface area contributed by atoms with Crippen molar-refractivity contribution in [3.63, 3.8) is 0 Å². The molecule has 1 unspecified atom stereocenters. The van der Waals surface area contributed by atoms with Crippen LogP contribution in [0.25, 0.3) is 0 Å². The van der Waals surface area contributed by atoms with Crippen molar-refractivity contribution >= 4 is 29.5 Å². The lowest BCUT2D eigenvalue weighted by Gasteiger charge is -2.54. The zero-order chi connectivity index (χ0) is 37.8. The molecule has 7 N–H and O–H groups in total. The molecule has 3 aliphatic rings. The first kappa shape index (κ1) is 40.7. The third-order valence-corrected chi connectivity index (χ3v) is 10.6. The molecule has 2 heterocycles. The van der Waals surface area contributed by atoms with E-state index in [0.29, 0.717) is 57.7 Å². The number of likely N-dealkylation sites (tertiary alicyclic amines) is 2. The number of allylic oxidation sites excluding steroid dienone is 3. The van der Waals surface area contributed by atoms with Crippen LogP contribution in [0.3, 0.4) is 0 Å². The molecule has 2 fully saturated rings. The lowest BCUT2D eigenvalue weighted by atomic mass is 9.72. The monoisotopic (exact) mass is 719 g/mol. The quantitative estimate of drug-likeness (QED) is 0.154. The molecule has 1 spiro atoms. The lowest BCUT2D eigenvalue weighted by Crippen LogP contribution is -2.63.